The van der Waals surface area contributed by atoms with E-state index in [1.165, 1.54) is 6.07 Å². The lowest BCUT2D eigenvalue weighted by Gasteiger charge is -2.26. The average molecular weight is 359 g/mol. The normalized spacial score (nSPS) is 15.2. The first kappa shape index (κ1) is 17.5. The molecule has 0 radical (unpaired) electrons. The molecule has 9 nitrogen and oxygen atoms in total. The zero-order chi connectivity index (χ0) is 18.5. The molecule has 0 unspecified atom stereocenters. The summed E-state index contributed by atoms with van der Waals surface area (Å²) in [6, 6.07) is 10.3. The Bertz CT molecular complexity index is 826. The highest BCUT2D eigenvalue weighted by Crippen LogP contribution is 2.30. The fourth-order valence-corrected chi connectivity index (χ4v) is 2.36. The van der Waals surface area contributed by atoms with Crippen LogP contribution in [0.15, 0.2) is 36.4 Å². The molecular formula is C17H17N3O6. The predicted molar refractivity (Wildman–Crippen MR) is 90.5 cm³/mol. The highest BCUT2D eigenvalue weighted by Gasteiger charge is 2.22. The van der Waals surface area contributed by atoms with Crippen molar-refractivity contribution in [3.8, 4) is 17.2 Å². The number of hydrogen-bond donors (Lipinski definition) is 1. The van der Waals surface area contributed by atoms with E-state index in [1.807, 2.05) is 12.1 Å². The van der Waals surface area contributed by atoms with Crippen LogP contribution in [0.1, 0.15) is 5.69 Å². The number of fused-ring (bicyclic) bond motifs is 1. The lowest BCUT2D eigenvalue weighted by Crippen LogP contribution is -2.42. The van der Waals surface area contributed by atoms with Crippen molar-refractivity contribution in [1.29, 1.82) is 0 Å². The quantitative estimate of drug-likeness (QED) is 0.616. The molecule has 2 aromatic rings. The number of nitrogens with zero attached hydrogens (tertiary/aromatic N) is 2. The molecule has 1 atom stereocenters. The second-order valence-corrected chi connectivity index (χ2v) is 5.62. The topological polar surface area (TPSA) is 113 Å². The van der Waals surface area contributed by atoms with E-state index in [4.69, 9.17) is 14.2 Å². The van der Waals surface area contributed by atoms with Gasteiger partial charge in [-0.25, -0.2) is 0 Å². The summed E-state index contributed by atoms with van der Waals surface area (Å²) < 4.78 is 16.5. The number of carbonyl (C=O) groups excluding carboxylic acids is 1. The minimum atomic E-state index is -0.648. The van der Waals surface area contributed by atoms with E-state index in [-0.39, 0.29) is 25.0 Å². The number of nitrogens with one attached hydrogen (secondary N) is 1. The molecule has 0 aliphatic carbocycles. The van der Waals surface area contributed by atoms with Crippen molar-refractivity contribution in [1.82, 2.24) is 10.3 Å². The summed E-state index contributed by atoms with van der Waals surface area (Å²) in [5, 5.41) is 13.6. The molecule has 1 N–H and O–H groups in total. The summed E-state index contributed by atoms with van der Waals surface area (Å²) in [5.41, 5.74) is 0.489. The standard InChI is InChI=1S/C17H17N3O6/c1-11-6-7-15(17(19-11)20(22)23)25-10-16(21)18-8-12-9-24-13-4-2-3-5-14(13)26-12/h2-7,12H,8-10H2,1H3,(H,18,21)/t12-/m0/s1. The van der Waals surface area contributed by atoms with Gasteiger partial charge in [0.25, 0.3) is 5.91 Å². The van der Waals surface area contributed by atoms with Gasteiger partial charge in [-0.3, -0.25) is 4.79 Å². The number of pyridine rings is 1. The van der Waals surface area contributed by atoms with E-state index < -0.39 is 16.6 Å². The largest absolute Gasteiger partial charge is 0.486 e. The van der Waals surface area contributed by atoms with Gasteiger partial charge in [-0.2, -0.15) is 0 Å². The first-order valence-electron chi connectivity index (χ1n) is 7.93. The van der Waals surface area contributed by atoms with Crippen LogP contribution in [0.4, 0.5) is 5.82 Å². The number of hydrogen-bond acceptors (Lipinski definition) is 7. The van der Waals surface area contributed by atoms with Crippen LogP contribution in [0, 0.1) is 17.0 Å². The molecule has 1 aromatic heterocycles. The Hall–Kier alpha value is -3.36. The Morgan fingerprint density at radius 2 is 2.12 bits per heavy atom. The van der Waals surface area contributed by atoms with Crippen molar-refractivity contribution >= 4 is 11.7 Å². The molecular weight excluding hydrogens is 342 g/mol. The number of rotatable bonds is 6. The average Bonchev–Trinajstić information content (AvgIpc) is 2.65. The lowest BCUT2D eigenvalue weighted by molar-refractivity contribution is -0.390. The minimum Gasteiger partial charge on any atom is -0.486 e. The molecule has 3 rings (SSSR count). The van der Waals surface area contributed by atoms with Gasteiger partial charge in [0, 0.05) is 6.92 Å². The molecule has 0 fully saturated rings. The molecule has 1 aliphatic heterocycles. The summed E-state index contributed by atoms with van der Waals surface area (Å²) in [5.74, 6) is 0.385. The molecule has 1 aromatic carbocycles. The van der Waals surface area contributed by atoms with E-state index in [1.54, 1.807) is 25.1 Å². The highest BCUT2D eigenvalue weighted by molar-refractivity contribution is 5.77. The summed E-state index contributed by atoms with van der Waals surface area (Å²) >= 11 is 0. The molecule has 136 valence electrons. The van der Waals surface area contributed by atoms with Crippen molar-refractivity contribution < 1.29 is 23.9 Å². The predicted octanol–water partition coefficient (Wildman–Crippen LogP) is 1.63. The number of ether oxygens (including phenoxy) is 3. The molecule has 0 saturated carbocycles. The van der Waals surface area contributed by atoms with Crippen LogP contribution in [0.2, 0.25) is 0 Å². The highest BCUT2D eigenvalue weighted by atomic mass is 16.6. The molecule has 2 heterocycles. The maximum atomic E-state index is 11.9. The second kappa shape index (κ2) is 7.68. The molecule has 1 aliphatic rings. The third-order valence-corrected chi connectivity index (χ3v) is 3.60. The van der Waals surface area contributed by atoms with Crippen LogP contribution < -0.4 is 19.5 Å². The van der Waals surface area contributed by atoms with E-state index in [0.29, 0.717) is 23.8 Å². The Balaban J connectivity index is 1.49. The third kappa shape index (κ3) is 4.18. The second-order valence-electron chi connectivity index (χ2n) is 5.62. The van der Waals surface area contributed by atoms with Crippen molar-refractivity contribution in [2.45, 2.75) is 13.0 Å². The number of aryl methyl sites for hydroxylation is 1. The van der Waals surface area contributed by atoms with Crippen LogP contribution in [0.3, 0.4) is 0 Å². The zero-order valence-corrected chi connectivity index (χ0v) is 14.0. The van der Waals surface area contributed by atoms with Crippen LogP contribution >= 0.6 is 0 Å². The number of nitro groups is 1. The molecule has 9 heteroatoms. The maximum absolute atomic E-state index is 11.9. The van der Waals surface area contributed by atoms with Crippen molar-refractivity contribution in [3.63, 3.8) is 0 Å². The monoisotopic (exact) mass is 359 g/mol. The number of carbonyl (C=O) groups is 1. The molecule has 1 amide bonds. The molecule has 26 heavy (non-hydrogen) atoms. The van der Waals surface area contributed by atoms with Gasteiger partial charge in [-0.1, -0.05) is 12.1 Å². The van der Waals surface area contributed by atoms with E-state index in [9.17, 15) is 14.9 Å². The Labute approximate surface area is 149 Å². The van der Waals surface area contributed by atoms with Crippen LogP contribution in [-0.2, 0) is 4.79 Å². The summed E-state index contributed by atoms with van der Waals surface area (Å²) in [4.78, 5) is 26.1. The van der Waals surface area contributed by atoms with Gasteiger partial charge < -0.3 is 29.6 Å². The fraction of sp³-hybridized carbons (Fsp3) is 0.294. The minimum absolute atomic E-state index is 0.0538. The molecule has 0 saturated heterocycles. The number of aromatic nitrogens is 1. The third-order valence-electron chi connectivity index (χ3n) is 3.60. The van der Waals surface area contributed by atoms with Crippen LogP contribution in [0.25, 0.3) is 0 Å². The van der Waals surface area contributed by atoms with E-state index in [0.717, 1.165) is 0 Å². The number of para-hydroxylation sites is 2. The zero-order valence-electron chi connectivity index (χ0n) is 14.0. The van der Waals surface area contributed by atoms with E-state index >= 15 is 0 Å². The first-order valence-corrected chi connectivity index (χ1v) is 7.93. The van der Waals surface area contributed by atoms with Gasteiger partial charge in [0.05, 0.1) is 6.54 Å². The van der Waals surface area contributed by atoms with Gasteiger partial charge in [0.15, 0.2) is 18.1 Å². The van der Waals surface area contributed by atoms with E-state index in [2.05, 4.69) is 10.3 Å². The van der Waals surface area contributed by atoms with Crippen molar-refractivity contribution in [3.05, 3.63) is 52.2 Å². The summed E-state index contributed by atoms with van der Waals surface area (Å²) in [6.45, 7) is 1.81. The summed E-state index contributed by atoms with van der Waals surface area (Å²) in [7, 11) is 0. The Morgan fingerprint density at radius 3 is 2.88 bits per heavy atom. The van der Waals surface area contributed by atoms with Gasteiger partial charge >= 0.3 is 5.82 Å². The number of amides is 1. The van der Waals surface area contributed by atoms with Crippen molar-refractivity contribution in [2.24, 2.45) is 0 Å². The molecule has 0 bridgehead atoms. The lowest BCUT2D eigenvalue weighted by atomic mass is 10.2. The maximum Gasteiger partial charge on any atom is 0.406 e. The van der Waals surface area contributed by atoms with Gasteiger partial charge in [0.1, 0.15) is 18.4 Å². The molecule has 0 spiro atoms. The smallest absolute Gasteiger partial charge is 0.406 e. The number of benzene rings is 1. The van der Waals surface area contributed by atoms with Gasteiger partial charge in [0.2, 0.25) is 5.75 Å². The first-order chi connectivity index (χ1) is 12.5. The SMILES string of the molecule is Cc1ccc(OCC(=O)NC[C@H]2COc3ccccc3O2)c([N+](=O)[O-])n1. The van der Waals surface area contributed by atoms with Crippen LogP contribution in [-0.4, -0.2) is 41.7 Å². The van der Waals surface area contributed by atoms with Crippen LogP contribution in [0.5, 0.6) is 17.2 Å². The fourth-order valence-electron chi connectivity index (χ4n) is 2.36. The summed E-state index contributed by atoms with van der Waals surface area (Å²) in [6.07, 6.45) is -0.329. The van der Waals surface area contributed by atoms with Gasteiger partial charge in [-0.15, -0.1) is 0 Å². The Kier molecular flexibility index (Phi) is 5.16. The Morgan fingerprint density at radius 1 is 1.35 bits per heavy atom. The van der Waals surface area contributed by atoms with Gasteiger partial charge in [-0.05, 0) is 34.2 Å². The van der Waals surface area contributed by atoms with Crippen molar-refractivity contribution in [2.75, 3.05) is 19.8 Å².